The standard InChI is InChI=1S/C19H33N3O2/c1-4-20-17(23)12-22(5-2)13(3)18(24)21-19-9-14-6-15(10-19)8-16(7-14)11-19/h13-16H,4-12H2,1-3H3,(H,20,23)(H,21,24)/p+1/t13-,14?,15?,16?,19?/m0/s1. The maximum Gasteiger partial charge on any atom is 0.278 e. The van der Waals surface area contributed by atoms with E-state index in [1.165, 1.54) is 38.5 Å². The van der Waals surface area contributed by atoms with Crippen LogP contribution in [0.1, 0.15) is 59.3 Å². The number of likely N-dealkylation sites (N-methyl/N-ethyl adjacent to an activating group) is 2. The summed E-state index contributed by atoms with van der Waals surface area (Å²) in [7, 11) is 0. The highest BCUT2D eigenvalue weighted by Crippen LogP contribution is 2.55. The minimum atomic E-state index is -0.175. The van der Waals surface area contributed by atoms with Crippen molar-refractivity contribution in [1.82, 2.24) is 10.6 Å². The Morgan fingerprint density at radius 2 is 1.62 bits per heavy atom. The zero-order valence-corrected chi connectivity index (χ0v) is 15.5. The summed E-state index contributed by atoms with van der Waals surface area (Å²) in [5.41, 5.74) is 0.0601. The monoisotopic (exact) mass is 336 g/mol. The van der Waals surface area contributed by atoms with E-state index in [-0.39, 0.29) is 23.4 Å². The third kappa shape index (κ3) is 3.61. The zero-order chi connectivity index (χ0) is 17.3. The molecule has 4 saturated carbocycles. The lowest BCUT2D eigenvalue weighted by molar-refractivity contribution is -0.904. The lowest BCUT2D eigenvalue weighted by Crippen LogP contribution is -3.17. The molecule has 4 bridgehead atoms. The topological polar surface area (TPSA) is 62.6 Å². The van der Waals surface area contributed by atoms with E-state index in [1.54, 1.807) is 0 Å². The maximum atomic E-state index is 12.9. The molecule has 5 heteroatoms. The Bertz CT molecular complexity index is 456. The van der Waals surface area contributed by atoms with Crippen LogP contribution in [0.5, 0.6) is 0 Å². The van der Waals surface area contributed by atoms with Gasteiger partial charge in [0, 0.05) is 12.1 Å². The molecule has 0 radical (unpaired) electrons. The fourth-order valence-corrected chi connectivity index (χ4v) is 5.87. The molecule has 136 valence electrons. The van der Waals surface area contributed by atoms with Crippen molar-refractivity contribution in [2.45, 2.75) is 70.9 Å². The lowest BCUT2D eigenvalue weighted by atomic mass is 9.53. The molecule has 0 aliphatic heterocycles. The quantitative estimate of drug-likeness (QED) is 0.634. The first-order valence-corrected chi connectivity index (χ1v) is 9.88. The van der Waals surface area contributed by atoms with Crippen molar-refractivity contribution in [2.24, 2.45) is 17.8 Å². The summed E-state index contributed by atoms with van der Waals surface area (Å²) in [4.78, 5) is 25.8. The highest BCUT2D eigenvalue weighted by molar-refractivity contribution is 5.81. The molecular formula is C19H34N3O2+. The summed E-state index contributed by atoms with van der Waals surface area (Å²) in [5, 5.41) is 6.29. The predicted molar refractivity (Wildman–Crippen MR) is 93.6 cm³/mol. The van der Waals surface area contributed by atoms with Gasteiger partial charge in [0.1, 0.15) is 0 Å². The Morgan fingerprint density at radius 3 is 2.08 bits per heavy atom. The first kappa shape index (κ1) is 17.7. The minimum absolute atomic E-state index is 0.0313. The van der Waals surface area contributed by atoms with Gasteiger partial charge in [-0.3, -0.25) is 9.59 Å². The summed E-state index contributed by atoms with van der Waals surface area (Å²) >= 11 is 0. The number of nitrogens with one attached hydrogen (secondary N) is 3. The molecule has 0 aromatic carbocycles. The largest absolute Gasteiger partial charge is 0.351 e. The van der Waals surface area contributed by atoms with E-state index in [9.17, 15) is 9.59 Å². The van der Waals surface area contributed by atoms with Crippen molar-refractivity contribution in [1.29, 1.82) is 0 Å². The number of hydrogen-bond donors (Lipinski definition) is 3. The maximum absolute atomic E-state index is 12.9. The van der Waals surface area contributed by atoms with Gasteiger partial charge in [0.2, 0.25) is 0 Å². The SMILES string of the molecule is CCNC(=O)C[NH+](CC)[C@@H](C)C(=O)NC12CC3CC(CC(C3)C1)C2. The molecule has 4 fully saturated rings. The fourth-order valence-electron chi connectivity index (χ4n) is 5.87. The average molecular weight is 337 g/mol. The summed E-state index contributed by atoms with van der Waals surface area (Å²) < 4.78 is 0. The van der Waals surface area contributed by atoms with Crippen LogP contribution in [0, 0.1) is 17.8 Å². The van der Waals surface area contributed by atoms with Crippen LogP contribution in [0.25, 0.3) is 0 Å². The van der Waals surface area contributed by atoms with Crippen molar-refractivity contribution >= 4 is 11.8 Å². The molecule has 3 N–H and O–H groups in total. The van der Waals surface area contributed by atoms with Gasteiger partial charge in [0.05, 0.1) is 6.54 Å². The Kier molecular flexibility index (Phi) is 5.19. The Morgan fingerprint density at radius 1 is 1.08 bits per heavy atom. The number of quaternary nitrogens is 1. The van der Waals surface area contributed by atoms with Crippen LogP contribution in [-0.2, 0) is 9.59 Å². The highest BCUT2D eigenvalue weighted by Gasteiger charge is 2.52. The van der Waals surface area contributed by atoms with Crippen molar-refractivity contribution in [3.8, 4) is 0 Å². The summed E-state index contributed by atoms with van der Waals surface area (Å²) in [6, 6.07) is -0.175. The van der Waals surface area contributed by atoms with Crippen LogP contribution in [0.2, 0.25) is 0 Å². The van der Waals surface area contributed by atoms with Crippen molar-refractivity contribution < 1.29 is 14.5 Å². The van der Waals surface area contributed by atoms with Crippen LogP contribution < -0.4 is 15.5 Å². The van der Waals surface area contributed by atoms with E-state index < -0.39 is 0 Å². The summed E-state index contributed by atoms with van der Waals surface area (Å²) in [5.74, 6) is 2.66. The number of carbonyl (C=O) groups excluding carboxylic acids is 2. The van der Waals surface area contributed by atoms with Crippen molar-refractivity contribution in [2.75, 3.05) is 19.6 Å². The minimum Gasteiger partial charge on any atom is -0.351 e. The van der Waals surface area contributed by atoms with E-state index in [0.717, 1.165) is 29.2 Å². The molecule has 0 saturated heterocycles. The molecule has 4 aliphatic rings. The fraction of sp³-hybridized carbons (Fsp3) is 0.895. The van der Waals surface area contributed by atoms with Crippen LogP contribution in [0.15, 0.2) is 0 Å². The summed E-state index contributed by atoms with van der Waals surface area (Å²) in [6.07, 6.45) is 7.68. The first-order chi connectivity index (χ1) is 11.4. The number of carbonyl (C=O) groups is 2. The van der Waals surface area contributed by atoms with Crippen molar-refractivity contribution in [3.05, 3.63) is 0 Å². The van der Waals surface area contributed by atoms with Gasteiger partial charge >= 0.3 is 0 Å². The van der Waals surface area contributed by atoms with Crippen molar-refractivity contribution in [3.63, 3.8) is 0 Å². The van der Waals surface area contributed by atoms with E-state index in [2.05, 4.69) is 10.6 Å². The molecule has 0 heterocycles. The summed E-state index contributed by atoms with van der Waals surface area (Å²) in [6.45, 7) is 7.74. The molecule has 4 aliphatic carbocycles. The van der Waals surface area contributed by atoms with Gasteiger partial charge < -0.3 is 15.5 Å². The average Bonchev–Trinajstić information content (AvgIpc) is 2.50. The third-order valence-electron chi connectivity index (χ3n) is 6.65. The smallest absolute Gasteiger partial charge is 0.278 e. The second kappa shape index (κ2) is 7.03. The Balaban J connectivity index is 1.60. The Hall–Kier alpha value is -1.10. The van der Waals surface area contributed by atoms with Gasteiger partial charge in [-0.25, -0.2) is 0 Å². The molecule has 1 unspecified atom stereocenters. The molecule has 0 aromatic heterocycles. The van der Waals surface area contributed by atoms with Crippen LogP contribution in [-0.4, -0.2) is 43.0 Å². The number of amides is 2. The van der Waals surface area contributed by atoms with Crippen LogP contribution in [0.3, 0.4) is 0 Å². The molecule has 24 heavy (non-hydrogen) atoms. The van der Waals surface area contributed by atoms with Gasteiger partial charge in [-0.1, -0.05) is 0 Å². The van der Waals surface area contributed by atoms with Gasteiger partial charge in [-0.05, 0) is 77.0 Å². The predicted octanol–water partition coefficient (Wildman–Crippen LogP) is 0.501. The third-order valence-corrected chi connectivity index (χ3v) is 6.65. The number of rotatable bonds is 7. The van der Waals surface area contributed by atoms with E-state index in [1.807, 2.05) is 20.8 Å². The van der Waals surface area contributed by atoms with E-state index >= 15 is 0 Å². The van der Waals surface area contributed by atoms with Crippen LogP contribution >= 0.6 is 0 Å². The number of hydrogen-bond acceptors (Lipinski definition) is 2. The van der Waals surface area contributed by atoms with Gasteiger partial charge in [0.25, 0.3) is 11.8 Å². The highest BCUT2D eigenvalue weighted by atomic mass is 16.2. The van der Waals surface area contributed by atoms with E-state index in [4.69, 9.17) is 0 Å². The second-order valence-corrected chi connectivity index (χ2v) is 8.55. The molecule has 0 spiro atoms. The van der Waals surface area contributed by atoms with Crippen LogP contribution in [0.4, 0.5) is 0 Å². The molecule has 0 aromatic rings. The lowest BCUT2D eigenvalue weighted by Gasteiger charge is -2.57. The normalized spacial score (nSPS) is 36.2. The van der Waals surface area contributed by atoms with Gasteiger partial charge in [-0.15, -0.1) is 0 Å². The molecular weight excluding hydrogens is 302 g/mol. The first-order valence-electron chi connectivity index (χ1n) is 9.88. The Labute approximate surface area is 145 Å². The molecule has 2 amide bonds. The van der Waals surface area contributed by atoms with E-state index in [0.29, 0.717) is 13.1 Å². The molecule has 2 atom stereocenters. The molecule has 4 rings (SSSR count). The van der Waals surface area contributed by atoms with Gasteiger partial charge in [0.15, 0.2) is 12.6 Å². The van der Waals surface area contributed by atoms with Gasteiger partial charge in [-0.2, -0.15) is 0 Å². The molecule has 5 nitrogen and oxygen atoms in total. The zero-order valence-electron chi connectivity index (χ0n) is 15.5. The second-order valence-electron chi connectivity index (χ2n) is 8.55.